The molecule has 1 amide bonds. The zero-order chi connectivity index (χ0) is 24.5. The molecule has 0 bridgehead atoms. The minimum atomic E-state index is -0.818. The Morgan fingerprint density at radius 3 is 2.74 bits per heavy atom. The Morgan fingerprint density at radius 2 is 2.03 bits per heavy atom. The van der Waals surface area contributed by atoms with Gasteiger partial charge in [0.25, 0.3) is 5.91 Å². The van der Waals surface area contributed by atoms with Gasteiger partial charge in [0.15, 0.2) is 5.79 Å². The summed E-state index contributed by atoms with van der Waals surface area (Å²) in [6, 6.07) is 0. The number of esters is 1. The predicted molar refractivity (Wildman–Crippen MR) is 125 cm³/mol. The lowest BCUT2D eigenvalue weighted by Crippen LogP contribution is -2.46. The first kappa shape index (κ1) is 24.7. The van der Waals surface area contributed by atoms with Gasteiger partial charge in [-0.1, -0.05) is 0 Å². The second kappa shape index (κ2) is 9.71. The predicted octanol–water partition coefficient (Wildman–Crippen LogP) is 2.97. The molecule has 2 atom stereocenters. The van der Waals surface area contributed by atoms with E-state index in [4.69, 9.17) is 14.2 Å². The zero-order valence-corrected chi connectivity index (χ0v) is 21.2. The first-order valence-electron chi connectivity index (χ1n) is 11.7. The van der Waals surface area contributed by atoms with Crippen LogP contribution in [0.1, 0.15) is 81.1 Å². The minimum absolute atomic E-state index is 0.124. The van der Waals surface area contributed by atoms with Crippen LogP contribution in [-0.4, -0.2) is 62.2 Å². The number of nitrogens with one attached hydrogen (secondary N) is 1. The van der Waals surface area contributed by atoms with Gasteiger partial charge in [-0.15, -0.1) is 16.4 Å². The Kier molecular flexibility index (Phi) is 7.07. The lowest BCUT2D eigenvalue weighted by molar-refractivity contribution is -0.300. The molecule has 0 spiro atoms. The number of carbonyl (C=O) groups is 2. The quantitative estimate of drug-likeness (QED) is 0.588. The lowest BCUT2D eigenvalue weighted by Gasteiger charge is -2.40. The second-order valence-corrected chi connectivity index (χ2v) is 11.3. The van der Waals surface area contributed by atoms with Crippen LogP contribution in [-0.2, 0) is 31.8 Å². The molecule has 11 heteroatoms. The number of tetrazole rings is 1. The van der Waals surface area contributed by atoms with Gasteiger partial charge in [-0.25, -0.2) is 0 Å². The summed E-state index contributed by atoms with van der Waals surface area (Å²) < 4.78 is 19.0. The highest BCUT2D eigenvalue weighted by Gasteiger charge is 2.37. The summed E-state index contributed by atoms with van der Waals surface area (Å²) in [5.41, 5.74) is 1.24. The number of rotatable bonds is 7. The molecule has 0 saturated carbocycles. The number of thiophene rings is 1. The number of fused-ring (bicyclic) bond motifs is 1. The Hall–Kier alpha value is -2.37. The maximum Gasteiger partial charge on any atom is 0.308 e. The van der Waals surface area contributed by atoms with Crippen molar-refractivity contribution < 1.29 is 23.8 Å². The van der Waals surface area contributed by atoms with E-state index < -0.39 is 11.4 Å². The Labute approximate surface area is 203 Å². The van der Waals surface area contributed by atoms with Crippen molar-refractivity contribution in [3.63, 3.8) is 0 Å². The van der Waals surface area contributed by atoms with E-state index >= 15 is 0 Å². The van der Waals surface area contributed by atoms with Crippen molar-refractivity contribution in [1.29, 1.82) is 0 Å². The lowest BCUT2D eigenvalue weighted by atomic mass is 10.0. The smallest absolute Gasteiger partial charge is 0.308 e. The number of aryl methyl sites for hydroxylation is 1. The van der Waals surface area contributed by atoms with E-state index in [0.29, 0.717) is 24.9 Å². The summed E-state index contributed by atoms with van der Waals surface area (Å²) >= 11 is 1.58. The summed E-state index contributed by atoms with van der Waals surface area (Å²) in [5.74, 6) is -1.23. The van der Waals surface area contributed by atoms with Crippen molar-refractivity contribution in [1.82, 2.24) is 25.5 Å². The van der Waals surface area contributed by atoms with E-state index in [2.05, 4.69) is 20.8 Å². The highest BCUT2D eigenvalue weighted by Crippen LogP contribution is 2.37. The zero-order valence-electron chi connectivity index (χ0n) is 20.4. The van der Waals surface area contributed by atoms with Crippen molar-refractivity contribution in [3.8, 4) is 5.00 Å². The molecule has 1 aliphatic heterocycles. The monoisotopic (exact) mass is 491 g/mol. The van der Waals surface area contributed by atoms with Gasteiger partial charge >= 0.3 is 5.97 Å². The van der Waals surface area contributed by atoms with Crippen LogP contribution < -0.4 is 5.32 Å². The van der Waals surface area contributed by atoms with Crippen LogP contribution in [0.2, 0.25) is 0 Å². The Bertz CT molecular complexity index is 1030. The number of nitrogens with zero attached hydrogens (tertiary/aromatic N) is 4. The molecule has 1 N–H and O–H groups in total. The Morgan fingerprint density at radius 1 is 1.26 bits per heavy atom. The van der Waals surface area contributed by atoms with E-state index in [1.165, 1.54) is 11.2 Å². The molecule has 1 saturated heterocycles. The van der Waals surface area contributed by atoms with Crippen LogP contribution in [0.3, 0.4) is 0 Å². The van der Waals surface area contributed by atoms with Crippen LogP contribution in [0.25, 0.3) is 5.00 Å². The van der Waals surface area contributed by atoms with E-state index in [0.717, 1.165) is 29.8 Å². The van der Waals surface area contributed by atoms with Crippen molar-refractivity contribution in [3.05, 3.63) is 22.3 Å². The van der Waals surface area contributed by atoms with Crippen LogP contribution in [0.15, 0.2) is 6.33 Å². The first-order chi connectivity index (χ1) is 16.0. The number of amides is 1. The summed E-state index contributed by atoms with van der Waals surface area (Å²) in [6.07, 6.45) is 5.32. The van der Waals surface area contributed by atoms with Gasteiger partial charge in [0, 0.05) is 17.8 Å². The molecular weight excluding hydrogens is 458 g/mol. The van der Waals surface area contributed by atoms with Gasteiger partial charge in [0.2, 0.25) is 0 Å². The average Bonchev–Trinajstić information content (AvgIpc) is 3.41. The summed E-state index contributed by atoms with van der Waals surface area (Å²) in [5, 5.41) is 15.2. The van der Waals surface area contributed by atoms with Crippen molar-refractivity contribution in [2.24, 2.45) is 0 Å². The van der Waals surface area contributed by atoms with Gasteiger partial charge < -0.3 is 19.5 Å². The highest BCUT2D eigenvalue weighted by molar-refractivity contribution is 7.15. The van der Waals surface area contributed by atoms with Crippen LogP contribution in [0.4, 0.5) is 0 Å². The summed E-state index contributed by atoms with van der Waals surface area (Å²) in [6.45, 7) is 9.66. The highest BCUT2D eigenvalue weighted by atomic mass is 32.1. The first-order valence-corrected chi connectivity index (χ1v) is 12.6. The maximum absolute atomic E-state index is 13.2. The number of carbonyl (C=O) groups excluding carboxylic acids is 2. The van der Waals surface area contributed by atoms with Crippen LogP contribution in [0, 0.1) is 0 Å². The molecule has 34 heavy (non-hydrogen) atoms. The number of ether oxygens (including phenoxy) is 3. The molecule has 0 radical (unpaired) electrons. The summed E-state index contributed by atoms with van der Waals surface area (Å²) in [7, 11) is 0. The fourth-order valence-corrected chi connectivity index (χ4v) is 5.87. The Balaban J connectivity index is 1.36. The third-order valence-electron chi connectivity index (χ3n) is 5.68. The molecule has 1 fully saturated rings. The third-order valence-corrected chi connectivity index (χ3v) is 6.96. The second-order valence-electron chi connectivity index (χ2n) is 10.2. The standard InChI is InChI=1S/C23H33N5O5S/c1-22(2,3)33-18(29)12-15-11-14(31-23(4,5)32-15)9-10-24-20(30)19-16-7-6-8-17(16)34-21(19)28-13-25-26-27-28/h13-15H,6-12H2,1-5H3,(H,24,30)/t14-,15+/m1/s1. The molecule has 186 valence electrons. The third kappa shape index (κ3) is 6.00. The molecule has 0 aromatic carbocycles. The van der Waals surface area contributed by atoms with Crippen LogP contribution in [0.5, 0.6) is 0 Å². The molecular formula is C23H33N5O5S. The van der Waals surface area contributed by atoms with E-state index in [-0.39, 0.29) is 30.5 Å². The molecule has 2 aliphatic rings. The SMILES string of the molecule is CC(C)(C)OC(=O)C[C@@H]1C[C@@H](CCNC(=O)c2c(-n3cnnn3)sc3c2CCC3)OC(C)(C)O1. The summed E-state index contributed by atoms with van der Waals surface area (Å²) in [4.78, 5) is 26.7. The molecule has 2 aromatic rings. The largest absolute Gasteiger partial charge is 0.460 e. The maximum atomic E-state index is 13.2. The van der Waals surface area contributed by atoms with Gasteiger partial charge in [-0.2, -0.15) is 4.68 Å². The minimum Gasteiger partial charge on any atom is -0.460 e. The molecule has 10 nitrogen and oxygen atoms in total. The number of hydrogen-bond acceptors (Lipinski definition) is 9. The number of aromatic nitrogens is 4. The normalized spacial score (nSPS) is 21.8. The molecule has 3 heterocycles. The molecule has 0 unspecified atom stereocenters. The molecule has 1 aliphatic carbocycles. The molecule has 4 rings (SSSR count). The van der Waals surface area contributed by atoms with E-state index in [1.54, 1.807) is 16.0 Å². The van der Waals surface area contributed by atoms with Crippen molar-refractivity contribution >= 4 is 23.2 Å². The fraction of sp³-hybridized carbons (Fsp3) is 0.696. The van der Waals surface area contributed by atoms with Gasteiger partial charge in [0.05, 0.1) is 24.2 Å². The fourth-order valence-electron chi connectivity index (χ4n) is 4.57. The van der Waals surface area contributed by atoms with Gasteiger partial charge in [0.1, 0.15) is 16.9 Å². The van der Waals surface area contributed by atoms with Gasteiger partial charge in [-0.3, -0.25) is 9.59 Å². The topological polar surface area (TPSA) is 117 Å². The molecule has 2 aromatic heterocycles. The van der Waals surface area contributed by atoms with Gasteiger partial charge in [-0.05, 0) is 76.3 Å². The van der Waals surface area contributed by atoms with Crippen LogP contribution >= 0.6 is 11.3 Å². The van der Waals surface area contributed by atoms with Crippen molar-refractivity contribution in [2.45, 2.75) is 96.7 Å². The van der Waals surface area contributed by atoms with E-state index in [9.17, 15) is 9.59 Å². The number of hydrogen-bond donors (Lipinski definition) is 1. The van der Waals surface area contributed by atoms with E-state index in [1.807, 2.05) is 34.6 Å². The average molecular weight is 492 g/mol. The van der Waals surface area contributed by atoms with Crippen molar-refractivity contribution in [2.75, 3.05) is 6.54 Å².